The first-order chi connectivity index (χ1) is 9.76. The Bertz CT molecular complexity index is 418. The molecule has 110 valence electrons. The second-order valence-electron chi connectivity index (χ2n) is 4.36. The van der Waals surface area contributed by atoms with Crippen LogP contribution in [0.2, 0.25) is 0 Å². The molecule has 1 aromatic heterocycles. The van der Waals surface area contributed by atoms with Crippen LogP contribution in [0.4, 0.5) is 0 Å². The maximum absolute atomic E-state index is 5.91. The van der Waals surface area contributed by atoms with E-state index < -0.39 is 0 Å². The van der Waals surface area contributed by atoms with Crippen LogP contribution in [0, 0.1) is 0 Å². The van der Waals surface area contributed by atoms with Gasteiger partial charge in [-0.25, -0.2) is 0 Å². The summed E-state index contributed by atoms with van der Waals surface area (Å²) in [4.78, 5) is 2.20. The van der Waals surface area contributed by atoms with Crippen LogP contribution in [-0.2, 0) is 5.75 Å². The normalized spacial score (nSPS) is 12.3. The number of hydrogen-bond donors (Lipinski definition) is 1. The molecule has 1 atom stereocenters. The van der Waals surface area contributed by atoms with Crippen LogP contribution in [0.3, 0.4) is 0 Å². The van der Waals surface area contributed by atoms with Crippen molar-refractivity contribution >= 4 is 11.8 Å². The van der Waals surface area contributed by atoms with Gasteiger partial charge in [0, 0.05) is 25.4 Å². The molecule has 0 fully saturated rings. The molecule has 1 heterocycles. The van der Waals surface area contributed by atoms with E-state index in [-0.39, 0.29) is 6.04 Å². The number of nitrogens with zero attached hydrogens (tertiary/aromatic N) is 1. The lowest BCUT2D eigenvalue weighted by Gasteiger charge is -2.25. The van der Waals surface area contributed by atoms with E-state index in [4.69, 9.17) is 10.2 Å². The van der Waals surface area contributed by atoms with E-state index in [0.29, 0.717) is 6.54 Å². The van der Waals surface area contributed by atoms with Gasteiger partial charge in [-0.3, -0.25) is 4.90 Å². The van der Waals surface area contributed by atoms with E-state index in [9.17, 15) is 0 Å². The van der Waals surface area contributed by atoms with Crippen molar-refractivity contribution in [3.63, 3.8) is 0 Å². The summed E-state index contributed by atoms with van der Waals surface area (Å²) in [5, 5.41) is 0. The van der Waals surface area contributed by atoms with Crippen molar-refractivity contribution in [1.29, 1.82) is 0 Å². The van der Waals surface area contributed by atoms with Crippen LogP contribution in [0.1, 0.15) is 17.6 Å². The van der Waals surface area contributed by atoms with Crippen LogP contribution in [0.5, 0.6) is 0 Å². The fourth-order valence-electron chi connectivity index (χ4n) is 1.97. The Morgan fingerprint density at radius 2 is 1.95 bits per heavy atom. The zero-order valence-corrected chi connectivity index (χ0v) is 12.8. The lowest BCUT2D eigenvalue weighted by Crippen LogP contribution is -2.27. The van der Waals surface area contributed by atoms with Crippen molar-refractivity contribution in [2.75, 3.05) is 25.4 Å². The van der Waals surface area contributed by atoms with Crippen molar-refractivity contribution < 1.29 is 4.42 Å². The molecule has 1 unspecified atom stereocenters. The molecule has 20 heavy (non-hydrogen) atoms. The summed E-state index contributed by atoms with van der Waals surface area (Å²) in [6, 6.07) is 4.08. The van der Waals surface area contributed by atoms with Gasteiger partial charge >= 0.3 is 0 Å². The van der Waals surface area contributed by atoms with Gasteiger partial charge in [0.1, 0.15) is 11.5 Å². The summed E-state index contributed by atoms with van der Waals surface area (Å²) in [6.45, 7) is 13.7. The summed E-state index contributed by atoms with van der Waals surface area (Å²) in [5.74, 6) is 3.68. The fourth-order valence-corrected chi connectivity index (χ4v) is 2.63. The average Bonchev–Trinajstić information content (AvgIpc) is 2.89. The number of furan rings is 1. The van der Waals surface area contributed by atoms with Crippen molar-refractivity contribution in [3.8, 4) is 0 Å². The Morgan fingerprint density at radius 1 is 1.25 bits per heavy atom. The molecule has 0 bridgehead atoms. The zero-order valence-electron chi connectivity index (χ0n) is 12.0. The molecular weight excluding hydrogens is 268 g/mol. The SMILES string of the molecule is C=CCN(CC=C)C(C=C)c1ccc(CSCCN)o1. The molecule has 2 N–H and O–H groups in total. The van der Waals surface area contributed by atoms with Gasteiger partial charge in [-0.05, 0) is 12.1 Å². The quantitative estimate of drug-likeness (QED) is 0.501. The Kier molecular flexibility index (Phi) is 8.11. The molecule has 0 spiro atoms. The first kappa shape index (κ1) is 16.8. The predicted octanol–water partition coefficient (Wildman–Crippen LogP) is 3.37. The molecule has 1 rings (SSSR count). The van der Waals surface area contributed by atoms with E-state index in [1.165, 1.54) is 0 Å². The van der Waals surface area contributed by atoms with Crippen molar-refractivity contribution in [1.82, 2.24) is 4.90 Å². The molecule has 4 heteroatoms. The van der Waals surface area contributed by atoms with E-state index in [1.54, 1.807) is 11.8 Å². The Balaban J connectivity index is 2.75. The number of nitrogens with two attached hydrogens (primary N) is 1. The lowest BCUT2D eigenvalue weighted by molar-refractivity contribution is 0.251. The predicted molar refractivity (Wildman–Crippen MR) is 88.8 cm³/mol. The van der Waals surface area contributed by atoms with Crippen LogP contribution < -0.4 is 5.73 Å². The summed E-state index contributed by atoms with van der Waals surface area (Å²) >= 11 is 1.78. The van der Waals surface area contributed by atoms with Gasteiger partial charge in [0.2, 0.25) is 0 Å². The van der Waals surface area contributed by atoms with Crippen molar-refractivity contribution in [2.24, 2.45) is 5.73 Å². The van der Waals surface area contributed by atoms with Gasteiger partial charge < -0.3 is 10.2 Å². The molecular formula is C16H24N2OS. The molecule has 0 aromatic carbocycles. The highest BCUT2D eigenvalue weighted by molar-refractivity contribution is 7.98. The van der Waals surface area contributed by atoms with Gasteiger partial charge in [0.05, 0.1) is 11.8 Å². The molecule has 0 amide bonds. The van der Waals surface area contributed by atoms with Crippen molar-refractivity contribution in [2.45, 2.75) is 11.8 Å². The van der Waals surface area contributed by atoms with Gasteiger partial charge in [0.25, 0.3) is 0 Å². The van der Waals surface area contributed by atoms with Gasteiger partial charge in [0.15, 0.2) is 0 Å². The highest BCUT2D eigenvalue weighted by Crippen LogP contribution is 2.25. The molecule has 0 aliphatic carbocycles. The molecule has 0 saturated heterocycles. The van der Waals surface area contributed by atoms with Gasteiger partial charge in [-0.15, -0.1) is 19.7 Å². The van der Waals surface area contributed by atoms with Crippen molar-refractivity contribution in [3.05, 3.63) is 61.6 Å². The third-order valence-corrected chi connectivity index (χ3v) is 3.84. The molecule has 1 aromatic rings. The third-order valence-electron chi connectivity index (χ3n) is 2.82. The van der Waals surface area contributed by atoms with Gasteiger partial charge in [-0.2, -0.15) is 11.8 Å². The number of thioether (sulfide) groups is 1. The number of rotatable bonds is 11. The molecule has 0 aliphatic heterocycles. The van der Waals surface area contributed by atoms with E-state index in [1.807, 2.05) is 30.4 Å². The Labute approximate surface area is 126 Å². The fraction of sp³-hybridized carbons (Fsp3) is 0.375. The maximum Gasteiger partial charge on any atom is 0.125 e. The summed E-state index contributed by atoms with van der Waals surface area (Å²) in [5.41, 5.74) is 5.48. The zero-order chi connectivity index (χ0) is 14.8. The molecule has 0 aliphatic rings. The largest absolute Gasteiger partial charge is 0.463 e. The van der Waals surface area contributed by atoms with E-state index >= 15 is 0 Å². The van der Waals surface area contributed by atoms with Gasteiger partial charge in [-0.1, -0.05) is 18.2 Å². The van der Waals surface area contributed by atoms with Crippen LogP contribution >= 0.6 is 11.8 Å². The van der Waals surface area contributed by atoms with Crippen LogP contribution in [0.15, 0.2) is 54.5 Å². The second-order valence-corrected chi connectivity index (χ2v) is 5.46. The standard InChI is InChI=1S/C16H24N2OS/c1-4-10-18(11-5-2)15(6-3)16-8-7-14(19-16)13-20-12-9-17/h4-8,15H,1-3,9-13,17H2. The van der Waals surface area contributed by atoms with E-state index in [0.717, 1.165) is 36.1 Å². The topological polar surface area (TPSA) is 42.4 Å². The summed E-state index contributed by atoms with van der Waals surface area (Å²) in [7, 11) is 0. The lowest BCUT2D eigenvalue weighted by atomic mass is 10.2. The van der Waals surface area contributed by atoms with E-state index in [2.05, 4.69) is 24.6 Å². The average molecular weight is 292 g/mol. The smallest absolute Gasteiger partial charge is 0.125 e. The van der Waals surface area contributed by atoms with Crippen LogP contribution in [-0.4, -0.2) is 30.3 Å². The molecule has 0 saturated carbocycles. The monoisotopic (exact) mass is 292 g/mol. The molecule has 0 radical (unpaired) electrons. The molecule has 3 nitrogen and oxygen atoms in total. The Hall–Kier alpha value is -1.23. The Morgan fingerprint density at radius 3 is 2.50 bits per heavy atom. The maximum atomic E-state index is 5.91. The summed E-state index contributed by atoms with van der Waals surface area (Å²) in [6.07, 6.45) is 5.64. The minimum Gasteiger partial charge on any atom is -0.463 e. The highest BCUT2D eigenvalue weighted by atomic mass is 32.2. The first-order valence-corrected chi connectivity index (χ1v) is 7.87. The summed E-state index contributed by atoms with van der Waals surface area (Å²) < 4.78 is 5.91. The van der Waals surface area contributed by atoms with Crippen LogP contribution in [0.25, 0.3) is 0 Å². The first-order valence-electron chi connectivity index (χ1n) is 6.71. The third kappa shape index (κ3) is 5.04. The number of hydrogen-bond acceptors (Lipinski definition) is 4. The highest BCUT2D eigenvalue weighted by Gasteiger charge is 2.18. The second kappa shape index (κ2) is 9.64. The minimum atomic E-state index is 0.0410. The minimum absolute atomic E-state index is 0.0410.